The first-order valence-corrected chi connectivity index (χ1v) is 6.02. The predicted octanol–water partition coefficient (Wildman–Crippen LogP) is 3.13. The van der Waals surface area contributed by atoms with E-state index in [4.69, 9.17) is 16.3 Å². The summed E-state index contributed by atoms with van der Waals surface area (Å²) in [4.78, 5) is 11.7. The number of carbonyl (C=O) groups excluding carboxylic acids is 1. The van der Waals surface area contributed by atoms with Crippen molar-refractivity contribution in [3.63, 3.8) is 0 Å². The molecule has 82 valence electrons. The number of halogens is 1. The van der Waals surface area contributed by atoms with E-state index in [-0.39, 0.29) is 11.4 Å². The van der Waals surface area contributed by atoms with Gasteiger partial charge in [0.2, 0.25) is 0 Å². The van der Waals surface area contributed by atoms with Crippen molar-refractivity contribution in [3.05, 3.63) is 0 Å². The third-order valence-electron chi connectivity index (χ3n) is 3.06. The van der Waals surface area contributed by atoms with Crippen molar-refractivity contribution in [2.45, 2.75) is 45.4 Å². The highest BCUT2D eigenvalue weighted by Crippen LogP contribution is 2.46. The van der Waals surface area contributed by atoms with Crippen LogP contribution < -0.4 is 0 Å². The maximum Gasteiger partial charge on any atom is 0.312 e. The van der Waals surface area contributed by atoms with Gasteiger partial charge in [0.05, 0.1) is 12.0 Å². The Morgan fingerprint density at radius 1 is 1.43 bits per heavy atom. The largest absolute Gasteiger partial charge is 0.466 e. The minimum absolute atomic E-state index is 0.0147. The lowest BCUT2D eigenvalue weighted by atomic mass is 9.66. The lowest BCUT2D eigenvalue weighted by Gasteiger charge is -2.39. The van der Waals surface area contributed by atoms with E-state index in [9.17, 15) is 4.79 Å². The Bertz CT molecular complexity index is 188. The van der Waals surface area contributed by atoms with Crippen molar-refractivity contribution in [1.29, 1.82) is 0 Å². The molecule has 3 heteroatoms. The molecule has 0 aliphatic heterocycles. The van der Waals surface area contributed by atoms with Gasteiger partial charge in [-0.15, -0.1) is 11.6 Å². The highest BCUT2D eigenvalue weighted by atomic mass is 35.5. The molecule has 0 saturated heterocycles. The zero-order chi connectivity index (χ0) is 10.4. The van der Waals surface area contributed by atoms with Crippen LogP contribution in [0.2, 0.25) is 0 Å². The van der Waals surface area contributed by atoms with E-state index in [1.165, 1.54) is 6.42 Å². The van der Waals surface area contributed by atoms with Crippen LogP contribution in [0.4, 0.5) is 0 Å². The molecule has 1 fully saturated rings. The Morgan fingerprint density at radius 3 is 2.57 bits per heavy atom. The molecule has 0 spiro atoms. The molecule has 1 rings (SSSR count). The fourth-order valence-electron chi connectivity index (χ4n) is 2.00. The second-order valence-corrected chi connectivity index (χ2v) is 4.38. The minimum Gasteiger partial charge on any atom is -0.466 e. The third kappa shape index (κ3) is 2.63. The van der Waals surface area contributed by atoms with Crippen molar-refractivity contribution in [2.24, 2.45) is 5.41 Å². The molecule has 0 atom stereocenters. The Hall–Kier alpha value is -0.240. The summed E-state index contributed by atoms with van der Waals surface area (Å²) in [5, 5.41) is 0. The monoisotopic (exact) mass is 218 g/mol. The number of alkyl halides is 1. The zero-order valence-corrected chi connectivity index (χ0v) is 9.61. The van der Waals surface area contributed by atoms with Crippen LogP contribution in [0.3, 0.4) is 0 Å². The zero-order valence-electron chi connectivity index (χ0n) is 8.85. The maximum absolute atomic E-state index is 11.7. The van der Waals surface area contributed by atoms with Crippen LogP contribution in [-0.2, 0) is 9.53 Å². The SMILES string of the molecule is CCOC(=O)C1(CCCCCl)CCC1. The van der Waals surface area contributed by atoms with Gasteiger partial charge in [0.1, 0.15) is 0 Å². The van der Waals surface area contributed by atoms with Crippen LogP contribution in [0.15, 0.2) is 0 Å². The van der Waals surface area contributed by atoms with E-state index in [2.05, 4.69) is 0 Å². The highest BCUT2D eigenvalue weighted by molar-refractivity contribution is 6.17. The van der Waals surface area contributed by atoms with E-state index >= 15 is 0 Å². The normalized spacial score (nSPS) is 18.7. The molecule has 2 nitrogen and oxygen atoms in total. The highest BCUT2D eigenvalue weighted by Gasteiger charge is 2.44. The van der Waals surface area contributed by atoms with Gasteiger partial charge in [0.15, 0.2) is 0 Å². The summed E-state index contributed by atoms with van der Waals surface area (Å²) >= 11 is 5.62. The minimum atomic E-state index is -0.137. The summed E-state index contributed by atoms with van der Waals surface area (Å²) in [5.74, 6) is 0.708. The fourth-order valence-corrected chi connectivity index (χ4v) is 2.19. The number of hydrogen-bond acceptors (Lipinski definition) is 2. The summed E-state index contributed by atoms with van der Waals surface area (Å²) in [5.41, 5.74) is -0.137. The van der Waals surface area contributed by atoms with Crippen LogP contribution in [0.1, 0.15) is 45.4 Å². The number of hydrogen-bond donors (Lipinski definition) is 0. The smallest absolute Gasteiger partial charge is 0.312 e. The molecule has 0 amide bonds. The van der Waals surface area contributed by atoms with Crippen molar-refractivity contribution < 1.29 is 9.53 Å². The molecule has 0 N–H and O–H groups in total. The first-order valence-electron chi connectivity index (χ1n) is 5.48. The quantitative estimate of drug-likeness (QED) is 0.389. The van der Waals surface area contributed by atoms with Gasteiger partial charge in [-0.3, -0.25) is 4.79 Å². The van der Waals surface area contributed by atoms with Crippen molar-refractivity contribution >= 4 is 17.6 Å². The average molecular weight is 219 g/mol. The molecule has 0 heterocycles. The van der Waals surface area contributed by atoms with Gasteiger partial charge in [-0.1, -0.05) is 12.8 Å². The topological polar surface area (TPSA) is 26.3 Å². The van der Waals surface area contributed by atoms with Gasteiger partial charge in [-0.25, -0.2) is 0 Å². The molecule has 0 aromatic rings. The van der Waals surface area contributed by atoms with Crippen LogP contribution in [0.5, 0.6) is 0 Å². The van der Waals surface area contributed by atoms with E-state index < -0.39 is 0 Å². The molecule has 1 aliphatic rings. The molecule has 0 unspecified atom stereocenters. The maximum atomic E-state index is 11.7. The van der Waals surface area contributed by atoms with Crippen LogP contribution in [-0.4, -0.2) is 18.5 Å². The second-order valence-electron chi connectivity index (χ2n) is 4.00. The second kappa shape index (κ2) is 5.59. The average Bonchev–Trinajstić information content (AvgIpc) is 2.10. The van der Waals surface area contributed by atoms with Gasteiger partial charge >= 0.3 is 5.97 Å². The Balaban J connectivity index is 2.36. The lowest BCUT2D eigenvalue weighted by molar-refractivity contribution is -0.161. The Labute approximate surface area is 91.0 Å². The number of unbranched alkanes of at least 4 members (excludes halogenated alkanes) is 1. The van der Waals surface area contributed by atoms with Crippen LogP contribution >= 0.6 is 11.6 Å². The van der Waals surface area contributed by atoms with Gasteiger partial charge in [-0.05, 0) is 32.6 Å². The first kappa shape index (κ1) is 11.8. The standard InChI is InChI=1S/C11H19ClO2/c1-2-14-10(13)11(7-5-8-11)6-3-4-9-12/h2-9H2,1H3. The predicted molar refractivity (Wildman–Crippen MR) is 57.5 cm³/mol. The first-order chi connectivity index (χ1) is 6.75. The van der Waals surface area contributed by atoms with Gasteiger partial charge in [0.25, 0.3) is 0 Å². The molecule has 0 aromatic carbocycles. The van der Waals surface area contributed by atoms with E-state index in [1.807, 2.05) is 6.92 Å². The Kier molecular flexibility index (Phi) is 4.73. The number of esters is 1. The van der Waals surface area contributed by atoms with Crippen molar-refractivity contribution in [1.82, 2.24) is 0 Å². The molecule has 0 aromatic heterocycles. The number of rotatable bonds is 6. The molecule has 14 heavy (non-hydrogen) atoms. The van der Waals surface area contributed by atoms with Crippen LogP contribution in [0.25, 0.3) is 0 Å². The summed E-state index contributed by atoms with van der Waals surface area (Å²) < 4.78 is 5.11. The molecule has 0 radical (unpaired) electrons. The third-order valence-corrected chi connectivity index (χ3v) is 3.33. The van der Waals surface area contributed by atoms with E-state index in [0.29, 0.717) is 12.5 Å². The summed E-state index contributed by atoms with van der Waals surface area (Å²) in [6.45, 7) is 2.36. The van der Waals surface area contributed by atoms with E-state index in [1.54, 1.807) is 0 Å². The Morgan fingerprint density at radius 2 is 2.14 bits per heavy atom. The number of ether oxygens (including phenoxy) is 1. The number of carbonyl (C=O) groups is 1. The van der Waals surface area contributed by atoms with Gasteiger partial charge in [0, 0.05) is 5.88 Å². The molecular formula is C11H19ClO2. The summed E-state index contributed by atoms with van der Waals surface area (Å²) in [6.07, 6.45) is 6.19. The van der Waals surface area contributed by atoms with Crippen LogP contribution in [0, 0.1) is 5.41 Å². The van der Waals surface area contributed by atoms with Gasteiger partial charge in [-0.2, -0.15) is 0 Å². The lowest BCUT2D eigenvalue weighted by Crippen LogP contribution is -2.39. The fraction of sp³-hybridized carbons (Fsp3) is 0.909. The molecule has 1 aliphatic carbocycles. The summed E-state index contributed by atoms with van der Waals surface area (Å²) in [7, 11) is 0. The molecule has 1 saturated carbocycles. The van der Waals surface area contributed by atoms with Crippen molar-refractivity contribution in [2.75, 3.05) is 12.5 Å². The van der Waals surface area contributed by atoms with E-state index in [0.717, 1.165) is 32.1 Å². The van der Waals surface area contributed by atoms with Crippen molar-refractivity contribution in [3.8, 4) is 0 Å². The molecule has 0 bridgehead atoms. The van der Waals surface area contributed by atoms with Gasteiger partial charge < -0.3 is 4.74 Å². The summed E-state index contributed by atoms with van der Waals surface area (Å²) in [6, 6.07) is 0. The molecular weight excluding hydrogens is 200 g/mol.